The summed E-state index contributed by atoms with van der Waals surface area (Å²) in [6.45, 7) is 5.32. The van der Waals surface area contributed by atoms with Gasteiger partial charge in [0.05, 0.1) is 5.69 Å². The van der Waals surface area contributed by atoms with Crippen LogP contribution < -0.4 is 9.80 Å². The van der Waals surface area contributed by atoms with Gasteiger partial charge in [0, 0.05) is 37.9 Å². The van der Waals surface area contributed by atoms with Gasteiger partial charge >= 0.3 is 0 Å². The zero-order chi connectivity index (χ0) is 17.9. The highest BCUT2D eigenvalue weighted by Gasteiger charge is 2.19. The lowest BCUT2D eigenvalue weighted by Gasteiger charge is -2.35. The smallest absolute Gasteiger partial charge is 0.151 e. The van der Waals surface area contributed by atoms with Crippen molar-refractivity contribution in [1.82, 2.24) is 20.2 Å². The van der Waals surface area contributed by atoms with Crippen LogP contribution in [-0.4, -0.2) is 46.3 Å². The van der Waals surface area contributed by atoms with E-state index >= 15 is 0 Å². The SMILES string of the molecule is Cc1nccc(N2CCN(c3ccc(-c4cccc(F)c4)nn3)CC2)n1. The van der Waals surface area contributed by atoms with Gasteiger partial charge in [-0.2, -0.15) is 0 Å². The second-order valence-corrected chi connectivity index (χ2v) is 6.22. The van der Waals surface area contributed by atoms with Crippen molar-refractivity contribution in [2.45, 2.75) is 6.92 Å². The zero-order valence-corrected chi connectivity index (χ0v) is 14.5. The molecule has 1 aliphatic heterocycles. The minimum absolute atomic E-state index is 0.274. The van der Waals surface area contributed by atoms with Gasteiger partial charge in [0.25, 0.3) is 0 Å². The van der Waals surface area contributed by atoms with Gasteiger partial charge in [-0.15, -0.1) is 10.2 Å². The summed E-state index contributed by atoms with van der Waals surface area (Å²) in [4.78, 5) is 13.1. The van der Waals surface area contributed by atoms with E-state index in [1.807, 2.05) is 31.2 Å². The molecule has 2 aromatic heterocycles. The molecule has 4 rings (SSSR count). The molecule has 6 nitrogen and oxygen atoms in total. The van der Waals surface area contributed by atoms with E-state index in [-0.39, 0.29) is 5.82 Å². The molecule has 7 heteroatoms. The van der Waals surface area contributed by atoms with Crippen molar-refractivity contribution in [3.05, 3.63) is 60.3 Å². The topological polar surface area (TPSA) is 58.0 Å². The van der Waals surface area contributed by atoms with Crippen molar-refractivity contribution in [2.24, 2.45) is 0 Å². The van der Waals surface area contributed by atoms with Crippen LogP contribution in [-0.2, 0) is 0 Å². The highest BCUT2D eigenvalue weighted by molar-refractivity contribution is 5.59. The van der Waals surface area contributed by atoms with E-state index in [0.29, 0.717) is 5.69 Å². The quantitative estimate of drug-likeness (QED) is 0.724. The average molecular weight is 350 g/mol. The summed E-state index contributed by atoms with van der Waals surface area (Å²) in [6, 6.07) is 12.2. The van der Waals surface area contributed by atoms with Crippen LogP contribution in [0, 0.1) is 12.7 Å². The molecule has 26 heavy (non-hydrogen) atoms. The maximum absolute atomic E-state index is 13.4. The summed E-state index contributed by atoms with van der Waals surface area (Å²) in [5.41, 5.74) is 1.40. The number of aromatic nitrogens is 4. The highest BCUT2D eigenvalue weighted by atomic mass is 19.1. The van der Waals surface area contributed by atoms with Gasteiger partial charge in [-0.05, 0) is 37.3 Å². The second kappa shape index (κ2) is 7.03. The van der Waals surface area contributed by atoms with Crippen LogP contribution in [0.2, 0.25) is 0 Å². The van der Waals surface area contributed by atoms with E-state index in [0.717, 1.165) is 49.2 Å². The molecule has 0 aliphatic carbocycles. The molecule has 132 valence electrons. The Hall–Kier alpha value is -3.09. The monoisotopic (exact) mass is 350 g/mol. The van der Waals surface area contributed by atoms with Crippen molar-refractivity contribution in [2.75, 3.05) is 36.0 Å². The Bertz CT molecular complexity index is 891. The maximum atomic E-state index is 13.4. The molecule has 3 aromatic rings. The first-order valence-electron chi connectivity index (χ1n) is 8.58. The number of nitrogens with zero attached hydrogens (tertiary/aromatic N) is 6. The summed E-state index contributed by atoms with van der Waals surface area (Å²) >= 11 is 0. The molecule has 3 heterocycles. The third-order valence-electron chi connectivity index (χ3n) is 4.46. The number of anilines is 2. The number of halogens is 1. The van der Waals surface area contributed by atoms with Gasteiger partial charge in [-0.3, -0.25) is 0 Å². The molecule has 0 atom stereocenters. The third kappa shape index (κ3) is 3.46. The molecule has 1 saturated heterocycles. The Morgan fingerprint density at radius 2 is 1.65 bits per heavy atom. The number of hydrogen-bond donors (Lipinski definition) is 0. The van der Waals surface area contributed by atoms with Gasteiger partial charge in [-0.1, -0.05) is 12.1 Å². The van der Waals surface area contributed by atoms with Crippen molar-refractivity contribution < 1.29 is 4.39 Å². The van der Waals surface area contributed by atoms with Gasteiger partial charge < -0.3 is 9.80 Å². The van der Waals surface area contributed by atoms with Crippen LogP contribution in [0.4, 0.5) is 16.0 Å². The van der Waals surface area contributed by atoms with Crippen LogP contribution in [0.5, 0.6) is 0 Å². The molecule has 0 unspecified atom stereocenters. The molecule has 1 aromatic carbocycles. The Kier molecular flexibility index (Phi) is 4.43. The van der Waals surface area contributed by atoms with Crippen LogP contribution in [0.15, 0.2) is 48.7 Å². The third-order valence-corrected chi connectivity index (χ3v) is 4.46. The van der Waals surface area contributed by atoms with E-state index in [2.05, 4.69) is 30.0 Å². The van der Waals surface area contributed by atoms with Gasteiger partial charge in [-0.25, -0.2) is 14.4 Å². The van der Waals surface area contributed by atoms with Gasteiger partial charge in [0.15, 0.2) is 5.82 Å². The highest BCUT2D eigenvalue weighted by Crippen LogP contribution is 2.21. The summed E-state index contributed by atoms with van der Waals surface area (Å²) < 4.78 is 13.4. The fraction of sp³-hybridized carbons (Fsp3) is 0.263. The van der Waals surface area contributed by atoms with Crippen LogP contribution in [0.1, 0.15) is 5.82 Å². The lowest BCUT2D eigenvalue weighted by molar-refractivity contribution is 0.628. The molecular formula is C19H19FN6. The fourth-order valence-electron chi connectivity index (χ4n) is 3.08. The molecule has 0 radical (unpaired) electrons. The molecule has 1 fully saturated rings. The molecule has 0 N–H and O–H groups in total. The average Bonchev–Trinajstić information content (AvgIpc) is 2.68. The van der Waals surface area contributed by atoms with Gasteiger partial charge in [0.2, 0.25) is 0 Å². The van der Waals surface area contributed by atoms with Crippen molar-refractivity contribution >= 4 is 11.6 Å². The minimum atomic E-state index is -0.274. The molecule has 0 amide bonds. The second-order valence-electron chi connectivity index (χ2n) is 6.22. The van der Waals surface area contributed by atoms with E-state index in [1.54, 1.807) is 12.3 Å². The van der Waals surface area contributed by atoms with Crippen molar-refractivity contribution in [1.29, 1.82) is 0 Å². The molecule has 0 spiro atoms. The van der Waals surface area contributed by atoms with Crippen molar-refractivity contribution in [3.63, 3.8) is 0 Å². The predicted molar refractivity (Wildman–Crippen MR) is 98.6 cm³/mol. The Morgan fingerprint density at radius 3 is 2.31 bits per heavy atom. The first-order chi connectivity index (χ1) is 12.7. The molecular weight excluding hydrogens is 331 g/mol. The van der Waals surface area contributed by atoms with E-state index < -0.39 is 0 Å². The predicted octanol–water partition coefficient (Wildman–Crippen LogP) is 2.71. The number of piperazine rings is 1. The van der Waals surface area contributed by atoms with Crippen LogP contribution in [0.3, 0.4) is 0 Å². The number of benzene rings is 1. The normalized spacial score (nSPS) is 14.5. The molecule has 0 bridgehead atoms. The van der Waals surface area contributed by atoms with Crippen LogP contribution in [0.25, 0.3) is 11.3 Å². The number of rotatable bonds is 3. The summed E-state index contributed by atoms with van der Waals surface area (Å²) in [5.74, 6) is 2.31. The minimum Gasteiger partial charge on any atom is -0.353 e. The van der Waals surface area contributed by atoms with Gasteiger partial charge in [0.1, 0.15) is 17.5 Å². The largest absolute Gasteiger partial charge is 0.353 e. The Morgan fingerprint density at radius 1 is 0.885 bits per heavy atom. The fourth-order valence-corrected chi connectivity index (χ4v) is 3.08. The summed E-state index contributed by atoms with van der Waals surface area (Å²) in [5, 5.41) is 8.59. The lowest BCUT2D eigenvalue weighted by Crippen LogP contribution is -2.47. The maximum Gasteiger partial charge on any atom is 0.151 e. The lowest BCUT2D eigenvalue weighted by atomic mass is 10.1. The number of hydrogen-bond acceptors (Lipinski definition) is 6. The van der Waals surface area contributed by atoms with E-state index in [4.69, 9.17) is 0 Å². The van der Waals surface area contributed by atoms with E-state index in [1.165, 1.54) is 12.1 Å². The number of aryl methyl sites for hydroxylation is 1. The first-order valence-corrected chi connectivity index (χ1v) is 8.58. The summed E-state index contributed by atoms with van der Waals surface area (Å²) in [6.07, 6.45) is 1.79. The Balaban J connectivity index is 1.43. The van der Waals surface area contributed by atoms with E-state index in [9.17, 15) is 4.39 Å². The standard InChI is InChI=1S/C19H19FN6/c1-14-21-8-7-18(22-14)25-9-11-26(12-10-25)19-6-5-17(23-24-19)15-3-2-4-16(20)13-15/h2-8,13H,9-12H2,1H3. The first kappa shape index (κ1) is 16.4. The van der Waals surface area contributed by atoms with Crippen molar-refractivity contribution in [3.8, 4) is 11.3 Å². The van der Waals surface area contributed by atoms with Crippen LogP contribution >= 0.6 is 0 Å². The summed E-state index contributed by atoms with van der Waals surface area (Å²) in [7, 11) is 0. The zero-order valence-electron chi connectivity index (χ0n) is 14.5. The Labute approximate surface area is 151 Å². The molecule has 1 aliphatic rings. The molecule has 0 saturated carbocycles.